The number of nitrogen functional groups attached to an aromatic ring is 1. The number of aliphatic hydroxyl groups is 1. The zero-order valence-corrected chi connectivity index (χ0v) is 9.74. The fourth-order valence-corrected chi connectivity index (χ4v) is 2.22. The quantitative estimate of drug-likeness (QED) is 0.801. The summed E-state index contributed by atoms with van der Waals surface area (Å²) in [6.07, 6.45) is -3.54. The van der Waals surface area contributed by atoms with E-state index in [1.807, 2.05) is 4.90 Å². The molecular weight excluding hydrogens is 245 g/mol. The molecule has 1 aliphatic rings. The third-order valence-corrected chi connectivity index (χ3v) is 3.24. The number of hydrogen-bond acceptors (Lipinski definition) is 3. The molecule has 1 unspecified atom stereocenters. The van der Waals surface area contributed by atoms with Crippen LogP contribution in [0.4, 0.5) is 24.5 Å². The van der Waals surface area contributed by atoms with Crippen LogP contribution < -0.4 is 10.6 Å². The molecular formula is C12H15F3N2O. The number of benzene rings is 1. The molecule has 3 nitrogen and oxygen atoms in total. The molecule has 1 aromatic rings. The zero-order valence-electron chi connectivity index (χ0n) is 9.74. The van der Waals surface area contributed by atoms with E-state index in [2.05, 4.69) is 0 Å². The van der Waals surface area contributed by atoms with Gasteiger partial charge in [0.1, 0.15) is 0 Å². The summed E-state index contributed by atoms with van der Waals surface area (Å²) in [6, 6.07) is 3.40. The third-order valence-electron chi connectivity index (χ3n) is 3.24. The first-order valence-electron chi connectivity index (χ1n) is 5.74. The van der Waals surface area contributed by atoms with Crippen LogP contribution in [0.5, 0.6) is 0 Å². The van der Waals surface area contributed by atoms with Crippen LogP contribution >= 0.6 is 0 Å². The Balaban J connectivity index is 2.21. The summed E-state index contributed by atoms with van der Waals surface area (Å²) in [5, 5.41) is 9.04. The number of alkyl halides is 3. The van der Waals surface area contributed by atoms with Crippen molar-refractivity contribution < 1.29 is 18.3 Å². The lowest BCUT2D eigenvalue weighted by molar-refractivity contribution is -0.137. The second-order valence-corrected chi connectivity index (χ2v) is 4.55. The van der Waals surface area contributed by atoms with Crippen molar-refractivity contribution in [1.29, 1.82) is 0 Å². The molecule has 0 spiro atoms. The van der Waals surface area contributed by atoms with Crippen molar-refractivity contribution >= 4 is 11.4 Å². The maximum atomic E-state index is 12.5. The van der Waals surface area contributed by atoms with Gasteiger partial charge in [0.2, 0.25) is 0 Å². The molecule has 0 bridgehead atoms. The maximum absolute atomic E-state index is 12.5. The van der Waals surface area contributed by atoms with Crippen molar-refractivity contribution in [3.63, 3.8) is 0 Å². The Labute approximate surface area is 103 Å². The monoisotopic (exact) mass is 260 g/mol. The van der Waals surface area contributed by atoms with Crippen LogP contribution in [0, 0.1) is 5.92 Å². The summed E-state index contributed by atoms with van der Waals surface area (Å²) in [5.41, 5.74) is 5.68. The highest BCUT2D eigenvalue weighted by Gasteiger charge is 2.31. The Morgan fingerprint density at radius 1 is 1.39 bits per heavy atom. The lowest BCUT2D eigenvalue weighted by atomic mass is 10.1. The first-order chi connectivity index (χ1) is 8.41. The molecule has 1 aliphatic heterocycles. The summed E-state index contributed by atoms with van der Waals surface area (Å²) in [6.45, 7) is 1.43. The van der Waals surface area contributed by atoms with Crippen molar-refractivity contribution in [1.82, 2.24) is 0 Å². The Morgan fingerprint density at radius 3 is 2.61 bits per heavy atom. The van der Waals surface area contributed by atoms with Gasteiger partial charge in [-0.25, -0.2) is 0 Å². The van der Waals surface area contributed by atoms with E-state index in [-0.39, 0.29) is 18.2 Å². The number of halogens is 3. The molecule has 0 amide bonds. The minimum atomic E-state index is -4.37. The normalized spacial score (nSPS) is 20.4. The van der Waals surface area contributed by atoms with Crippen molar-refractivity contribution in [2.45, 2.75) is 12.6 Å². The van der Waals surface area contributed by atoms with Gasteiger partial charge in [0.25, 0.3) is 0 Å². The largest absolute Gasteiger partial charge is 0.416 e. The summed E-state index contributed by atoms with van der Waals surface area (Å²) in [7, 11) is 0. The van der Waals surface area contributed by atoms with Gasteiger partial charge in [-0.3, -0.25) is 0 Å². The highest BCUT2D eigenvalue weighted by Crippen LogP contribution is 2.35. The average Bonchev–Trinajstić information content (AvgIpc) is 2.76. The highest BCUT2D eigenvalue weighted by atomic mass is 19.4. The van der Waals surface area contributed by atoms with E-state index in [9.17, 15) is 13.2 Å². The first kappa shape index (κ1) is 13.0. The van der Waals surface area contributed by atoms with Crippen molar-refractivity contribution in [2.75, 3.05) is 30.3 Å². The van der Waals surface area contributed by atoms with Crippen LogP contribution in [0.1, 0.15) is 12.0 Å². The topological polar surface area (TPSA) is 49.5 Å². The molecule has 1 heterocycles. The summed E-state index contributed by atoms with van der Waals surface area (Å²) >= 11 is 0. The van der Waals surface area contributed by atoms with E-state index >= 15 is 0 Å². The SMILES string of the molecule is Nc1cc(C(F)(F)F)ccc1N1CCC(CO)C1. The molecule has 1 atom stereocenters. The van der Waals surface area contributed by atoms with Gasteiger partial charge in [0, 0.05) is 25.6 Å². The van der Waals surface area contributed by atoms with Gasteiger partial charge in [0.15, 0.2) is 0 Å². The van der Waals surface area contributed by atoms with E-state index in [1.165, 1.54) is 6.07 Å². The van der Waals surface area contributed by atoms with Gasteiger partial charge < -0.3 is 15.7 Å². The molecule has 0 radical (unpaired) electrons. The minimum Gasteiger partial charge on any atom is -0.397 e. The van der Waals surface area contributed by atoms with Gasteiger partial charge in [-0.05, 0) is 24.6 Å². The summed E-state index contributed by atoms with van der Waals surface area (Å²) in [5.74, 6) is 0.173. The number of anilines is 2. The average molecular weight is 260 g/mol. The number of nitrogens with zero attached hydrogens (tertiary/aromatic N) is 1. The molecule has 6 heteroatoms. The molecule has 0 aliphatic carbocycles. The van der Waals surface area contributed by atoms with Crippen LogP contribution in [-0.4, -0.2) is 24.8 Å². The molecule has 1 aromatic carbocycles. The van der Waals surface area contributed by atoms with Gasteiger partial charge in [-0.15, -0.1) is 0 Å². The van der Waals surface area contributed by atoms with Crippen molar-refractivity contribution in [3.8, 4) is 0 Å². The molecule has 1 saturated heterocycles. The van der Waals surface area contributed by atoms with Gasteiger partial charge in [0.05, 0.1) is 16.9 Å². The molecule has 2 rings (SSSR count). The number of nitrogens with two attached hydrogens (primary N) is 1. The lowest BCUT2D eigenvalue weighted by Crippen LogP contribution is -2.22. The van der Waals surface area contributed by atoms with E-state index in [1.54, 1.807) is 0 Å². The molecule has 18 heavy (non-hydrogen) atoms. The molecule has 0 aromatic heterocycles. The highest BCUT2D eigenvalue weighted by molar-refractivity contribution is 5.69. The number of aliphatic hydroxyl groups excluding tert-OH is 1. The maximum Gasteiger partial charge on any atom is 0.416 e. The summed E-state index contributed by atoms with van der Waals surface area (Å²) in [4.78, 5) is 1.91. The van der Waals surface area contributed by atoms with Crippen LogP contribution in [0.25, 0.3) is 0 Å². The number of hydrogen-bond donors (Lipinski definition) is 2. The Hall–Kier alpha value is -1.43. The fourth-order valence-electron chi connectivity index (χ4n) is 2.22. The Kier molecular flexibility index (Phi) is 3.38. The van der Waals surface area contributed by atoms with E-state index in [0.717, 1.165) is 18.6 Å². The Bertz CT molecular complexity index is 434. The van der Waals surface area contributed by atoms with Gasteiger partial charge >= 0.3 is 6.18 Å². The second-order valence-electron chi connectivity index (χ2n) is 4.55. The smallest absolute Gasteiger partial charge is 0.397 e. The van der Waals surface area contributed by atoms with Crippen LogP contribution in [-0.2, 0) is 6.18 Å². The van der Waals surface area contributed by atoms with E-state index in [4.69, 9.17) is 10.8 Å². The third kappa shape index (κ3) is 2.53. The van der Waals surface area contributed by atoms with Crippen molar-refractivity contribution in [2.24, 2.45) is 5.92 Å². The first-order valence-corrected chi connectivity index (χ1v) is 5.74. The predicted octanol–water partition coefficient (Wildman–Crippen LogP) is 2.11. The second kappa shape index (κ2) is 4.68. The minimum absolute atomic E-state index is 0.0943. The molecule has 0 saturated carbocycles. The molecule has 3 N–H and O–H groups in total. The molecule has 1 fully saturated rings. The zero-order chi connectivity index (χ0) is 13.3. The van der Waals surface area contributed by atoms with Crippen LogP contribution in [0.2, 0.25) is 0 Å². The van der Waals surface area contributed by atoms with Gasteiger partial charge in [-0.2, -0.15) is 13.2 Å². The fraction of sp³-hybridized carbons (Fsp3) is 0.500. The van der Waals surface area contributed by atoms with Crippen molar-refractivity contribution in [3.05, 3.63) is 23.8 Å². The standard InChI is InChI=1S/C12H15F3N2O/c13-12(14,15)9-1-2-11(10(16)5-9)17-4-3-8(6-17)7-18/h1-2,5,8,18H,3-4,6-7,16H2. The Morgan fingerprint density at radius 2 is 2.11 bits per heavy atom. The predicted molar refractivity (Wildman–Crippen MR) is 63.3 cm³/mol. The van der Waals surface area contributed by atoms with E-state index in [0.29, 0.717) is 18.8 Å². The van der Waals surface area contributed by atoms with E-state index < -0.39 is 11.7 Å². The molecule has 100 valence electrons. The summed E-state index contributed by atoms with van der Waals surface area (Å²) < 4.78 is 37.5. The van der Waals surface area contributed by atoms with Crippen LogP contribution in [0.15, 0.2) is 18.2 Å². The number of rotatable bonds is 2. The van der Waals surface area contributed by atoms with Gasteiger partial charge in [-0.1, -0.05) is 0 Å². The lowest BCUT2D eigenvalue weighted by Gasteiger charge is -2.21. The van der Waals surface area contributed by atoms with Crippen LogP contribution in [0.3, 0.4) is 0 Å².